The first kappa shape index (κ1) is 12.8. The molecule has 0 saturated carbocycles. The van der Waals surface area contributed by atoms with E-state index in [1.807, 2.05) is 0 Å². The summed E-state index contributed by atoms with van der Waals surface area (Å²) < 4.78 is 5.16. The summed E-state index contributed by atoms with van der Waals surface area (Å²) in [5.41, 5.74) is -0.545. The molecule has 0 aromatic carbocycles. The third kappa shape index (κ3) is 4.06. The van der Waals surface area contributed by atoms with Crippen molar-refractivity contribution in [2.45, 2.75) is 26.4 Å². The van der Waals surface area contributed by atoms with Crippen molar-refractivity contribution in [3.8, 4) is 0 Å². The van der Waals surface area contributed by atoms with Crippen molar-refractivity contribution in [2.24, 2.45) is 0 Å². The molecule has 16 heavy (non-hydrogen) atoms. The summed E-state index contributed by atoms with van der Waals surface area (Å²) >= 11 is 0. The minimum Gasteiger partial charge on any atom is -0.442 e. The molecule has 0 bridgehead atoms. The zero-order chi connectivity index (χ0) is 12.2. The third-order valence-corrected chi connectivity index (χ3v) is 1.96. The second-order valence-electron chi connectivity index (χ2n) is 4.56. The van der Waals surface area contributed by atoms with Gasteiger partial charge in [-0.3, -0.25) is 9.63 Å². The minimum atomic E-state index is -0.545. The Labute approximate surface area is 95.0 Å². The third-order valence-electron chi connectivity index (χ3n) is 1.96. The molecule has 1 aliphatic rings. The van der Waals surface area contributed by atoms with Gasteiger partial charge in [-0.1, -0.05) is 0 Å². The molecule has 6 heteroatoms. The van der Waals surface area contributed by atoms with E-state index < -0.39 is 11.7 Å². The van der Waals surface area contributed by atoms with Gasteiger partial charge in [-0.15, -0.1) is 0 Å². The maximum atomic E-state index is 11.6. The van der Waals surface area contributed by atoms with E-state index in [9.17, 15) is 9.59 Å². The molecule has 2 amide bonds. The van der Waals surface area contributed by atoms with Crippen LogP contribution in [-0.2, 0) is 14.4 Å². The van der Waals surface area contributed by atoms with E-state index in [1.165, 1.54) is 0 Å². The number of hydroxylamine groups is 2. The normalized spacial score (nSPS) is 17.9. The van der Waals surface area contributed by atoms with E-state index in [2.05, 4.69) is 0 Å². The highest BCUT2D eigenvalue weighted by atomic mass is 16.7. The van der Waals surface area contributed by atoms with E-state index in [1.54, 1.807) is 25.7 Å². The molecule has 0 unspecified atom stereocenters. The summed E-state index contributed by atoms with van der Waals surface area (Å²) in [5.74, 6) is 0. The van der Waals surface area contributed by atoms with Gasteiger partial charge >= 0.3 is 6.09 Å². The fourth-order valence-electron chi connectivity index (χ4n) is 1.23. The molecule has 0 N–H and O–H groups in total. The second-order valence-corrected chi connectivity index (χ2v) is 4.56. The number of ether oxygens (including phenoxy) is 1. The molecule has 1 aliphatic heterocycles. The van der Waals surface area contributed by atoms with Crippen LogP contribution in [0.5, 0.6) is 0 Å². The largest absolute Gasteiger partial charge is 0.442 e. The predicted octanol–water partition coefficient (Wildman–Crippen LogP) is 0.627. The molecule has 1 heterocycles. The van der Waals surface area contributed by atoms with Crippen molar-refractivity contribution in [3.63, 3.8) is 0 Å². The fraction of sp³-hybridized carbons (Fsp3) is 0.800. The molecule has 6 nitrogen and oxygen atoms in total. The van der Waals surface area contributed by atoms with Gasteiger partial charge in [-0.05, 0) is 20.8 Å². The standard InChI is InChI=1S/C10H18N2O4/c1-10(2,3)16-9(14)12-5-4-11(8-13)6-7-15-12/h8H,4-7H2,1-3H3. The highest BCUT2D eigenvalue weighted by Crippen LogP contribution is 2.11. The van der Waals surface area contributed by atoms with Crippen molar-refractivity contribution in [1.29, 1.82) is 0 Å². The molecule has 0 aliphatic carbocycles. The van der Waals surface area contributed by atoms with Gasteiger partial charge < -0.3 is 9.64 Å². The monoisotopic (exact) mass is 230 g/mol. The van der Waals surface area contributed by atoms with E-state index in [0.29, 0.717) is 26.2 Å². The summed E-state index contributed by atoms with van der Waals surface area (Å²) in [6, 6.07) is 0. The number of nitrogens with zero attached hydrogens (tertiary/aromatic N) is 2. The quantitative estimate of drug-likeness (QED) is 0.620. The minimum absolute atomic E-state index is 0.304. The van der Waals surface area contributed by atoms with Crippen LogP contribution in [-0.4, -0.2) is 54.3 Å². The van der Waals surface area contributed by atoms with E-state index in [4.69, 9.17) is 9.57 Å². The molecule has 1 fully saturated rings. The number of carbonyl (C=O) groups excluding carboxylic acids is 2. The van der Waals surface area contributed by atoms with Crippen LogP contribution in [0.25, 0.3) is 0 Å². The van der Waals surface area contributed by atoms with Crippen LogP contribution >= 0.6 is 0 Å². The number of amides is 2. The molecule has 0 radical (unpaired) electrons. The Kier molecular flexibility index (Phi) is 4.12. The summed E-state index contributed by atoms with van der Waals surface area (Å²) in [7, 11) is 0. The zero-order valence-electron chi connectivity index (χ0n) is 9.93. The Morgan fingerprint density at radius 1 is 1.31 bits per heavy atom. The van der Waals surface area contributed by atoms with Crippen LogP contribution in [0.3, 0.4) is 0 Å². The lowest BCUT2D eigenvalue weighted by Crippen LogP contribution is -2.38. The van der Waals surface area contributed by atoms with Gasteiger partial charge in [0.2, 0.25) is 6.41 Å². The number of rotatable bonds is 1. The Morgan fingerprint density at radius 3 is 2.56 bits per heavy atom. The average molecular weight is 230 g/mol. The van der Waals surface area contributed by atoms with E-state index in [0.717, 1.165) is 11.5 Å². The Balaban J connectivity index is 2.48. The van der Waals surface area contributed by atoms with Gasteiger partial charge in [-0.2, -0.15) is 5.06 Å². The van der Waals surface area contributed by atoms with Crippen LogP contribution in [0.2, 0.25) is 0 Å². The molecular weight excluding hydrogens is 212 g/mol. The van der Waals surface area contributed by atoms with Gasteiger partial charge in [0.05, 0.1) is 13.2 Å². The van der Waals surface area contributed by atoms with Crippen molar-refractivity contribution in [2.75, 3.05) is 26.2 Å². The van der Waals surface area contributed by atoms with Crippen LogP contribution in [0.15, 0.2) is 0 Å². The van der Waals surface area contributed by atoms with Crippen molar-refractivity contribution in [1.82, 2.24) is 9.96 Å². The van der Waals surface area contributed by atoms with Crippen molar-refractivity contribution < 1.29 is 19.2 Å². The van der Waals surface area contributed by atoms with Gasteiger partial charge in [0.15, 0.2) is 0 Å². The lowest BCUT2D eigenvalue weighted by molar-refractivity contribution is -0.137. The summed E-state index contributed by atoms with van der Waals surface area (Å²) in [4.78, 5) is 28.9. The highest BCUT2D eigenvalue weighted by molar-refractivity contribution is 5.66. The smallest absolute Gasteiger partial charge is 0.434 e. The summed E-state index contributed by atoms with van der Waals surface area (Å²) in [6.45, 7) is 6.96. The van der Waals surface area contributed by atoms with Crippen LogP contribution in [0.1, 0.15) is 20.8 Å². The lowest BCUT2D eigenvalue weighted by atomic mass is 10.2. The zero-order valence-corrected chi connectivity index (χ0v) is 9.93. The Morgan fingerprint density at radius 2 is 2.00 bits per heavy atom. The molecule has 92 valence electrons. The van der Waals surface area contributed by atoms with Gasteiger partial charge in [0.1, 0.15) is 5.60 Å². The molecule has 1 rings (SSSR count). The SMILES string of the molecule is CC(C)(C)OC(=O)N1CCN(C=O)CCO1. The molecule has 1 saturated heterocycles. The van der Waals surface area contributed by atoms with Gasteiger partial charge in [0, 0.05) is 13.1 Å². The maximum absolute atomic E-state index is 11.6. The molecule has 0 aromatic rings. The Hall–Kier alpha value is -1.30. The predicted molar refractivity (Wildman–Crippen MR) is 56.5 cm³/mol. The van der Waals surface area contributed by atoms with Gasteiger partial charge in [0.25, 0.3) is 0 Å². The number of carbonyl (C=O) groups is 2. The van der Waals surface area contributed by atoms with Crippen molar-refractivity contribution in [3.05, 3.63) is 0 Å². The first-order chi connectivity index (χ1) is 7.42. The second kappa shape index (κ2) is 5.16. The number of hydrogen-bond acceptors (Lipinski definition) is 4. The summed E-state index contributed by atoms with van der Waals surface area (Å²) in [5, 5.41) is 1.16. The van der Waals surface area contributed by atoms with Crippen molar-refractivity contribution >= 4 is 12.5 Å². The molecule has 0 spiro atoms. The van der Waals surface area contributed by atoms with Crippen LogP contribution in [0.4, 0.5) is 4.79 Å². The lowest BCUT2D eigenvalue weighted by Gasteiger charge is -2.25. The molecule has 0 aromatic heterocycles. The molecule has 0 atom stereocenters. The topological polar surface area (TPSA) is 59.1 Å². The molecular formula is C10H18N2O4. The summed E-state index contributed by atoms with van der Waals surface area (Å²) in [6.07, 6.45) is 0.238. The number of hydrogen-bond donors (Lipinski definition) is 0. The first-order valence-electron chi connectivity index (χ1n) is 5.25. The average Bonchev–Trinajstić information content (AvgIpc) is 2.39. The van der Waals surface area contributed by atoms with Gasteiger partial charge in [-0.25, -0.2) is 4.79 Å². The van der Waals surface area contributed by atoms with E-state index >= 15 is 0 Å². The van der Waals surface area contributed by atoms with Crippen LogP contribution in [0, 0.1) is 0 Å². The highest BCUT2D eigenvalue weighted by Gasteiger charge is 2.25. The fourth-order valence-corrected chi connectivity index (χ4v) is 1.23. The van der Waals surface area contributed by atoms with Crippen LogP contribution < -0.4 is 0 Å². The Bertz CT molecular complexity index is 262. The maximum Gasteiger partial charge on any atom is 0.434 e. The van der Waals surface area contributed by atoms with E-state index in [-0.39, 0.29) is 0 Å². The first-order valence-corrected chi connectivity index (χ1v) is 5.25.